The standard InChI is InChI=1S/C21H31N3O5/c1-20(2,3)29-19(27)24-21(4,5)12-17(25)22-16-9-7-13-11-14(28-6)8-10-15(13)23-18(16)26/h8,10-11,16H,7,9,12H2,1-6H3,(H,22,25)(H,23,26)(H,24,27). The number of aryl methyl sites for hydroxylation is 1. The molecule has 2 rings (SSSR count). The molecule has 0 saturated carbocycles. The van der Waals surface area contributed by atoms with Gasteiger partial charge < -0.3 is 25.4 Å². The Hall–Kier alpha value is -2.77. The maximum atomic E-state index is 12.5. The average molecular weight is 405 g/mol. The zero-order valence-electron chi connectivity index (χ0n) is 18.0. The Morgan fingerprint density at radius 3 is 2.52 bits per heavy atom. The third-order valence-corrected chi connectivity index (χ3v) is 4.37. The van der Waals surface area contributed by atoms with Gasteiger partial charge in [0.25, 0.3) is 0 Å². The van der Waals surface area contributed by atoms with E-state index in [0.717, 1.165) is 17.0 Å². The Morgan fingerprint density at radius 2 is 1.90 bits per heavy atom. The fourth-order valence-electron chi connectivity index (χ4n) is 3.09. The lowest BCUT2D eigenvalue weighted by molar-refractivity contribution is -0.127. The number of anilines is 1. The summed E-state index contributed by atoms with van der Waals surface area (Å²) in [6.45, 7) is 8.76. The summed E-state index contributed by atoms with van der Waals surface area (Å²) < 4.78 is 10.5. The maximum absolute atomic E-state index is 12.5. The van der Waals surface area contributed by atoms with Crippen molar-refractivity contribution in [3.05, 3.63) is 23.8 Å². The Morgan fingerprint density at radius 1 is 1.21 bits per heavy atom. The molecular weight excluding hydrogens is 374 g/mol. The van der Waals surface area contributed by atoms with Crippen LogP contribution in [-0.4, -0.2) is 42.2 Å². The summed E-state index contributed by atoms with van der Waals surface area (Å²) in [4.78, 5) is 37.0. The summed E-state index contributed by atoms with van der Waals surface area (Å²) in [6, 6.07) is 4.80. The number of fused-ring (bicyclic) bond motifs is 1. The van der Waals surface area contributed by atoms with Gasteiger partial charge in [0.05, 0.1) is 7.11 Å². The predicted molar refractivity (Wildman–Crippen MR) is 110 cm³/mol. The van der Waals surface area contributed by atoms with Gasteiger partial charge in [-0.15, -0.1) is 0 Å². The largest absolute Gasteiger partial charge is 0.497 e. The molecule has 1 aromatic rings. The van der Waals surface area contributed by atoms with Crippen molar-refractivity contribution in [2.45, 2.75) is 71.1 Å². The average Bonchev–Trinajstić information content (AvgIpc) is 2.70. The number of alkyl carbamates (subject to hydrolysis) is 1. The van der Waals surface area contributed by atoms with Crippen LogP contribution >= 0.6 is 0 Å². The lowest BCUT2D eigenvalue weighted by Crippen LogP contribution is -2.51. The van der Waals surface area contributed by atoms with E-state index in [4.69, 9.17) is 9.47 Å². The molecule has 1 aromatic carbocycles. The minimum Gasteiger partial charge on any atom is -0.497 e. The predicted octanol–water partition coefficient (Wildman–Crippen LogP) is 2.76. The number of amides is 3. The summed E-state index contributed by atoms with van der Waals surface area (Å²) in [6.07, 6.45) is 0.511. The summed E-state index contributed by atoms with van der Waals surface area (Å²) in [5, 5.41) is 8.32. The highest BCUT2D eigenvalue weighted by Gasteiger charge is 2.30. The molecule has 1 heterocycles. The van der Waals surface area contributed by atoms with Crippen LogP contribution in [0.4, 0.5) is 10.5 Å². The molecule has 3 N–H and O–H groups in total. The molecule has 0 aromatic heterocycles. The van der Waals surface area contributed by atoms with Gasteiger partial charge in [0.2, 0.25) is 11.8 Å². The number of hydrogen-bond acceptors (Lipinski definition) is 5. The van der Waals surface area contributed by atoms with Crippen LogP contribution < -0.4 is 20.7 Å². The number of rotatable bonds is 5. The molecule has 8 nitrogen and oxygen atoms in total. The van der Waals surface area contributed by atoms with E-state index >= 15 is 0 Å². The molecule has 0 radical (unpaired) electrons. The van der Waals surface area contributed by atoms with Gasteiger partial charge in [-0.25, -0.2) is 4.79 Å². The lowest BCUT2D eigenvalue weighted by Gasteiger charge is -2.28. The second-order valence-corrected chi connectivity index (χ2v) is 8.86. The van der Waals surface area contributed by atoms with E-state index in [1.54, 1.807) is 53.9 Å². The van der Waals surface area contributed by atoms with Crippen LogP contribution in [0.2, 0.25) is 0 Å². The van der Waals surface area contributed by atoms with Crippen molar-refractivity contribution in [1.82, 2.24) is 10.6 Å². The summed E-state index contributed by atoms with van der Waals surface area (Å²) in [5.41, 5.74) is 0.225. The zero-order chi connectivity index (χ0) is 21.8. The quantitative estimate of drug-likeness (QED) is 0.698. The van der Waals surface area contributed by atoms with Crippen LogP contribution in [0, 0.1) is 0 Å². The van der Waals surface area contributed by atoms with Gasteiger partial charge in [0.1, 0.15) is 17.4 Å². The second-order valence-electron chi connectivity index (χ2n) is 8.86. The van der Waals surface area contributed by atoms with E-state index in [9.17, 15) is 14.4 Å². The van der Waals surface area contributed by atoms with Gasteiger partial charge in [0.15, 0.2) is 0 Å². The van der Waals surface area contributed by atoms with Crippen molar-refractivity contribution >= 4 is 23.6 Å². The molecule has 29 heavy (non-hydrogen) atoms. The SMILES string of the molecule is COc1ccc2c(c1)CCC(NC(=O)CC(C)(C)NC(=O)OC(C)(C)C)C(=O)N2. The molecule has 1 aliphatic heterocycles. The molecule has 1 aliphatic rings. The van der Waals surface area contributed by atoms with E-state index in [0.29, 0.717) is 12.8 Å². The van der Waals surface area contributed by atoms with Gasteiger partial charge in [0, 0.05) is 17.6 Å². The summed E-state index contributed by atoms with van der Waals surface area (Å²) in [5.74, 6) is 0.130. The van der Waals surface area contributed by atoms with Gasteiger partial charge in [-0.2, -0.15) is 0 Å². The van der Waals surface area contributed by atoms with E-state index in [-0.39, 0.29) is 18.2 Å². The monoisotopic (exact) mass is 405 g/mol. The first kappa shape index (κ1) is 22.5. The minimum atomic E-state index is -0.829. The Labute approximate surface area is 171 Å². The molecule has 0 spiro atoms. The molecule has 0 bridgehead atoms. The summed E-state index contributed by atoms with van der Waals surface area (Å²) >= 11 is 0. The van der Waals surface area contributed by atoms with E-state index < -0.39 is 23.3 Å². The molecule has 1 atom stereocenters. The first-order chi connectivity index (χ1) is 13.4. The van der Waals surface area contributed by atoms with E-state index in [1.807, 2.05) is 6.07 Å². The number of nitrogens with one attached hydrogen (secondary N) is 3. The van der Waals surface area contributed by atoms with Gasteiger partial charge >= 0.3 is 6.09 Å². The highest BCUT2D eigenvalue weighted by Crippen LogP contribution is 2.26. The number of methoxy groups -OCH3 is 1. The molecule has 0 aliphatic carbocycles. The molecule has 1 unspecified atom stereocenters. The van der Waals surface area contributed by atoms with Crippen LogP contribution in [-0.2, 0) is 20.7 Å². The third kappa shape index (κ3) is 6.96. The zero-order valence-corrected chi connectivity index (χ0v) is 18.0. The van der Waals surface area contributed by atoms with Gasteiger partial charge in [-0.1, -0.05) is 0 Å². The van der Waals surface area contributed by atoms with Crippen LogP contribution in [0.25, 0.3) is 0 Å². The van der Waals surface area contributed by atoms with Crippen molar-refractivity contribution in [2.75, 3.05) is 12.4 Å². The van der Waals surface area contributed by atoms with Crippen LogP contribution in [0.1, 0.15) is 53.0 Å². The lowest BCUT2D eigenvalue weighted by atomic mass is 9.99. The number of ether oxygens (including phenoxy) is 2. The smallest absolute Gasteiger partial charge is 0.408 e. The normalized spacial score (nSPS) is 16.8. The molecular formula is C21H31N3O5. The Kier molecular flexibility index (Phi) is 6.77. The van der Waals surface area contributed by atoms with E-state index in [2.05, 4.69) is 16.0 Å². The maximum Gasteiger partial charge on any atom is 0.408 e. The van der Waals surface area contributed by atoms with Crippen LogP contribution in [0.3, 0.4) is 0 Å². The fraction of sp³-hybridized carbons (Fsp3) is 0.571. The van der Waals surface area contributed by atoms with Crippen LogP contribution in [0.15, 0.2) is 18.2 Å². The molecule has 3 amide bonds. The number of hydrogen-bond donors (Lipinski definition) is 3. The third-order valence-electron chi connectivity index (χ3n) is 4.37. The molecule has 8 heteroatoms. The number of benzene rings is 1. The Bertz CT molecular complexity index is 783. The first-order valence-electron chi connectivity index (χ1n) is 9.67. The number of carbonyl (C=O) groups excluding carboxylic acids is 3. The fourth-order valence-corrected chi connectivity index (χ4v) is 3.09. The van der Waals surface area contributed by atoms with E-state index in [1.165, 1.54) is 0 Å². The van der Waals surface area contributed by atoms with Crippen LogP contribution in [0.5, 0.6) is 5.75 Å². The second kappa shape index (κ2) is 8.71. The highest BCUT2D eigenvalue weighted by atomic mass is 16.6. The molecule has 160 valence electrons. The topological polar surface area (TPSA) is 106 Å². The highest BCUT2D eigenvalue weighted by molar-refractivity contribution is 5.98. The molecule has 0 saturated heterocycles. The first-order valence-corrected chi connectivity index (χ1v) is 9.67. The Balaban J connectivity index is 1.94. The van der Waals surface area contributed by atoms with Gasteiger partial charge in [-0.3, -0.25) is 9.59 Å². The van der Waals surface area contributed by atoms with Gasteiger partial charge in [-0.05, 0) is 71.2 Å². The van der Waals surface area contributed by atoms with Crippen molar-refractivity contribution < 1.29 is 23.9 Å². The van der Waals surface area contributed by atoms with Crippen molar-refractivity contribution in [3.8, 4) is 5.75 Å². The van der Waals surface area contributed by atoms with Crippen molar-refractivity contribution in [1.29, 1.82) is 0 Å². The molecule has 0 fully saturated rings. The van der Waals surface area contributed by atoms with Crippen molar-refractivity contribution in [2.24, 2.45) is 0 Å². The summed E-state index contributed by atoms with van der Waals surface area (Å²) in [7, 11) is 1.59. The van der Waals surface area contributed by atoms with Crippen molar-refractivity contribution in [3.63, 3.8) is 0 Å². The minimum absolute atomic E-state index is 0.0107. The number of carbonyl (C=O) groups is 3.